The molecule has 226 valence electrons. The smallest absolute Gasteiger partial charge is 0.423 e. The molecule has 2 aliphatic heterocycles. The zero-order valence-corrected chi connectivity index (χ0v) is 23.2. The van der Waals surface area contributed by atoms with Crippen molar-refractivity contribution >= 4 is 17.4 Å². The lowest BCUT2D eigenvalue weighted by Crippen LogP contribution is -2.49. The minimum Gasteiger partial charge on any atom is -0.491 e. The number of nitriles is 1. The Bertz CT molecular complexity index is 1520. The first-order chi connectivity index (χ1) is 20.7. The highest BCUT2D eigenvalue weighted by Gasteiger charge is 2.40. The third kappa shape index (κ3) is 7.23. The highest BCUT2D eigenvalue weighted by Crippen LogP contribution is 2.35. The Hall–Kier alpha value is -4.64. The Morgan fingerprint density at radius 3 is 2.60 bits per heavy atom. The van der Waals surface area contributed by atoms with Gasteiger partial charge >= 0.3 is 6.18 Å². The van der Waals surface area contributed by atoms with Crippen molar-refractivity contribution in [3.05, 3.63) is 75.8 Å². The minimum absolute atomic E-state index is 0.00511. The van der Waals surface area contributed by atoms with E-state index in [4.69, 9.17) is 14.7 Å². The summed E-state index contributed by atoms with van der Waals surface area (Å²) in [6.07, 6.45) is -1.59. The Morgan fingerprint density at radius 1 is 1.07 bits per heavy atom. The van der Waals surface area contributed by atoms with Crippen molar-refractivity contribution in [1.82, 2.24) is 20.1 Å². The van der Waals surface area contributed by atoms with E-state index in [0.717, 1.165) is 12.0 Å². The van der Waals surface area contributed by atoms with E-state index in [0.29, 0.717) is 69.2 Å². The standard InChI is InChI=1S/C29H30F3N7O4/c30-29(31,32)26-24(17-35-36-27(26)40)39-7-6-21(18-39)19-42-12-13-43-23-3-1-2-22(14-23)28(41)38-10-8-37(9-11-38)25-5-4-20(15-33)16-34-25/h1-5,14,16-17,21H,6-13,18-19H2,(H,36,40)/t21-/m0/s1. The van der Waals surface area contributed by atoms with Gasteiger partial charge in [0.25, 0.3) is 11.5 Å². The molecule has 3 aromatic rings. The van der Waals surface area contributed by atoms with E-state index in [-0.39, 0.29) is 30.7 Å². The molecule has 1 atom stereocenters. The van der Waals surface area contributed by atoms with E-state index in [1.165, 1.54) is 11.1 Å². The third-order valence-corrected chi connectivity index (χ3v) is 7.44. The summed E-state index contributed by atoms with van der Waals surface area (Å²) in [7, 11) is 0. The van der Waals surface area contributed by atoms with Crippen molar-refractivity contribution in [3.63, 3.8) is 0 Å². The average molecular weight is 598 g/mol. The first-order valence-corrected chi connectivity index (χ1v) is 13.8. The molecule has 5 rings (SSSR count). The third-order valence-electron chi connectivity index (χ3n) is 7.44. The maximum Gasteiger partial charge on any atom is 0.423 e. The number of nitrogens with zero attached hydrogens (tertiary/aromatic N) is 6. The zero-order chi connectivity index (χ0) is 30.4. The second-order valence-corrected chi connectivity index (χ2v) is 10.3. The van der Waals surface area contributed by atoms with Crippen LogP contribution in [-0.2, 0) is 10.9 Å². The van der Waals surface area contributed by atoms with Gasteiger partial charge in [-0.05, 0) is 36.8 Å². The van der Waals surface area contributed by atoms with E-state index in [2.05, 4.69) is 21.1 Å². The quantitative estimate of drug-likeness (QED) is 0.371. The van der Waals surface area contributed by atoms with Crippen molar-refractivity contribution < 1.29 is 27.4 Å². The van der Waals surface area contributed by atoms with Gasteiger partial charge < -0.3 is 24.2 Å². The molecule has 11 nitrogen and oxygen atoms in total. The molecule has 4 heterocycles. The molecule has 0 aliphatic carbocycles. The van der Waals surface area contributed by atoms with Gasteiger partial charge in [0.2, 0.25) is 0 Å². The number of nitrogens with one attached hydrogen (secondary N) is 1. The number of aromatic nitrogens is 3. The number of hydrogen-bond donors (Lipinski definition) is 1. The minimum atomic E-state index is -4.78. The second-order valence-electron chi connectivity index (χ2n) is 10.3. The fourth-order valence-electron chi connectivity index (χ4n) is 5.24. The molecular formula is C29H30F3N7O4. The highest BCUT2D eigenvalue weighted by atomic mass is 19.4. The monoisotopic (exact) mass is 597 g/mol. The lowest BCUT2D eigenvalue weighted by atomic mass is 10.1. The lowest BCUT2D eigenvalue weighted by molar-refractivity contribution is -0.138. The maximum absolute atomic E-state index is 13.4. The summed E-state index contributed by atoms with van der Waals surface area (Å²) in [5.41, 5.74) is -1.70. The highest BCUT2D eigenvalue weighted by molar-refractivity contribution is 5.94. The number of halogens is 3. The molecule has 1 amide bonds. The molecule has 14 heteroatoms. The number of aromatic amines is 1. The van der Waals surface area contributed by atoms with Crippen LogP contribution < -0.4 is 20.1 Å². The second kappa shape index (κ2) is 13.1. The van der Waals surface area contributed by atoms with Gasteiger partial charge in [-0.2, -0.15) is 23.5 Å². The van der Waals surface area contributed by atoms with Gasteiger partial charge in [-0.3, -0.25) is 9.59 Å². The van der Waals surface area contributed by atoms with Gasteiger partial charge in [0.1, 0.15) is 29.8 Å². The maximum atomic E-state index is 13.4. The topological polar surface area (TPSA) is 128 Å². The molecule has 2 saturated heterocycles. The van der Waals surface area contributed by atoms with Crippen LogP contribution in [0.3, 0.4) is 0 Å². The molecule has 1 aromatic carbocycles. The van der Waals surface area contributed by atoms with Crippen molar-refractivity contribution in [3.8, 4) is 11.8 Å². The SMILES string of the molecule is N#Cc1ccc(N2CCN(C(=O)c3cccc(OCCOC[C@H]4CCN(c5cn[nH]c(=O)c5C(F)(F)F)C4)c3)CC2)nc1. The number of anilines is 2. The van der Waals surface area contributed by atoms with E-state index in [1.807, 2.05) is 11.2 Å². The number of amides is 1. The van der Waals surface area contributed by atoms with Gasteiger partial charge in [0.05, 0.1) is 30.7 Å². The summed E-state index contributed by atoms with van der Waals surface area (Å²) in [5, 5.41) is 14.3. The Balaban J connectivity index is 1.04. The molecule has 0 unspecified atom stereocenters. The van der Waals surface area contributed by atoms with Crippen LogP contribution in [0.2, 0.25) is 0 Å². The van der Waals surface area contributed by atoms with Crippen molar-refractivity contribution in [2.75, 3.05) is 68.9 Å². The molecule has 2 fully saturated rings. The Labute approximate surface area is 245 Å². The number of pyridine rings is 1. The number of benzene rings is 1. The summed E-state index contributed by atoms with van der Waals surface area (Å²) in [4.78, 5) is 34.6. The number of carbonyl (C=O) groups is 1. The van der Waals surface area contributed by atoms with Gasteiger partial charge in [0.15, 0.2) is 0 Å². The number of hydrogen-bond acceptors (Lipinski definition) is 9. The molecule has 0 saturated carbocycles. The van der Waals surface area contributed by atoms with Crippen molar-refractivity contribution in [1.29, 1.82) is 5.26 Å². The van der Waals surface area contributed by atoms with Crippen molar-refractivity contribution in [2.45, 2.75) is 12.6 Å². The van der Waals surface area contributed by atoms with Crippen LogP contribution in [0.15, 0.2) is 53.6 Å². The number of piperazine rings is 1. The molecule has 43 heavy (non-hydrogen) atoms. The van der Waals surface area contributed by atoms with Crippen LogP contribution in [0.1, 0.15) is 27.9 Å². The summed E-state index contributed by atoms with van der Waals surface area (Å²) >= 11 is 0. The molecule has 2 aliphatic rings. The predicted octanol–water partition coefficient (Wildman–Crippen LogP) is 2.94. The number of carbonyl (C=O) groups excluding carboxylic acids is 1. The molecule has 2 aromatic heterocycles. The fraction of sp³-hybridized carbons (Fsp3) is 0.414. The van der Waals surface area contributed by atoms with Crippen LogP contribution in [0, 0.1) is 17.2 Å². The fourth-order valence-corrected chi connectivity index (χ4v) is 5.24. The number of ether oxygens (including phenoxy) is 2. The number of rotatable bonds is 9. The Morgan fingerprint density at radius 2 is 1.88 bits per heavy atom. The van der Waals surface area contributed by atoms with Crippen LogP contribution in [-0.4, -0.2) is 85.1 Å². The summed E-state index contributed by atoms with van der Waals surface area (Å²) in [5.74, 6) is 1.21. The van der Waals surface area contributed by atoms with E-state index >= 15 is 0 Å². The van der Waals surface area contributed by atoms with Gasteiger partial charge in [-0.15, -0.1) is 0 Å². The Kier molecular flexibility index (Phi) is 9.10. The predicted molar refractivity (Wildman–Crippen MR) is 150 cm³/mol. The zero-order valence-electron chi connectivity index (χ0n) is 23.2. The van der Waals surface area contributed by atoms with E-state index in [9.17, 15) is 22.8 Å². The summed E-state index contributed by atoms with van der Waals surface area (Å²) in [6, 6.07) is 12.5. The average Bonchev–Trinajstić information content (AvgIpc) is 3.49. The summed E-state index contributed by atoms with van der Waals surface area (Å²) in [6.45, 7) is 3.83. The first-order valence-electron chi connectivity index (χ1n) is 13.8. The van der Waals surface area contributed by atoms with Crippen LogP contribution in [0.5, 0.6) is 5.75 Å². The van der Waals surface area contributed by atoms with Gasteiger partial charge in [-0.1, -0.05) is 6.07 Å². The molecule has 0 spiro atoms. The summed E-state index contributed by atoms with van der Waals surface area (Å²) < 4.78 is 51.7. The first kappa shape index (κ1) is 29.8. The van der Waals surface area contributed by atoms with Crippen molar-refractivity contribution in [2.24, 2.45) is 5.92 Å². The van der Waals surface area contributed by atoms with Gasteiger partial charge in [0, 0.05) is 56.9 Å². The molecule has 1 N–H and O–H groups in total. The molecule has 0 radical (unpaired) electrons. The van der Waals surface area contributed by atoms with Crippen LogP contribution in [0.25, 0.3) is 0 Å². The van der Waals surface area contributed by atoms with Crippen LogP contribution in [0.4, 0.5) is 24.7 Å². The van der Waals surface area contributed by atoms with Gasteiger partial charge in [-0.25, -0.2) is 10.1 Å². The molecule has 0 bridgehead atoms. The normalized spacial score (nSPS) is 17.2. The van der Waals surface area contributed by atoms with E-state index in [1.54, 1.807) is 35.2 Å². The lowest BCUT2D eigenvalue weighted by Gasteiger charge is -2.35. The largest absolute Gasteiger partial charge is 0.491 e. The van der Waals surface area contributed by atoms with E-state index < -0.39 is 17.3 Å². The number of alkyl halides is 3. The van der Waals surface area contributed by atoms with Crippen LogP contribution >= 0.6 is 0 Å². The number of H-pyrrole nitrogens is 1. The molecular weight excluding hydrogens is 567 g/mol.